The summed E-state index contributed by atoms with van der Waals surface area (Å²) in [6.45, 7) is 6.59. The summed E-state index contributed by atoms with van der Waals surface area (Å²) < 4.78 is 0. The standard InChI is InChI=1S/C14H27N3OS/c1-2-6-17-7-5-12(10-17)9-15-14(18)16-13-4-3-8-19-11-13/h12-13H,2-11H2,1H3,(H2,15,16,18). The highest BCUT2D eigenvalue weighted by atomic mass is 32.2. The van der Waals surface area contributed by atoms with Crippen LogP contribution < -0.4 is 10.6 Å². The minimum atomic E-state index is 0.0291. The second kappa shape index (κ2) is 8.00. The molecule has 5 heteroatoms. The van der Waals surface area contributed by atoms with E-state index in [0.29, 0.717) is 12.0 Å². The lowest BCUT2D eigenvalue weighted by Gasteiger charge is -2.23. The Morgan fingerprint density at radius 1 is 1.42 bits per heavy atom. The highest BCUT2D eigenvalue weighted by Crippen LogP contribution is 2.17. The van der Waals surface area contributed by atoms with Crippen LogP contribution in [0.5, 0.6) is 0 Å². The lowest BCUT2D eigenvalue weighted by Crippen LogP contribution is -2.45. The maximum absolute atomic E-state index is 11.8. The molecule has 2 amide bonds. The van der Waals surface area contributed by atoms with Crippen LogP contribution in [0, 0.1) is 5.92 Å². The maximum atomic E-state index is 11.8. The number of urea groups is 1. The van der Waals surface area contributed by atoms with Gasteiger partial charge in [-0.2, -0.15) is 11.8 Å². The average Bonchev–Trinajstić information content (AvgIpc) is 2.86. The van der Waals surface area contributed by atoms with Crippen molar-refractivity contribution in [2.75, 3.05) is 37.7 Å². The topological polar surface area (TPSA) is 44.4 Å². The summed E-state index contributed by atoms with van der Waals surface area (Å²) in [5.74, 6) is 2.95. The molecule has 0 aromatic heterocycles. The molecule has 0 saturated carbocycles. The first-order valence-electron chi connectivity index (χ1n) is 7.62. The van der Waals surface area contributed by atoms with Gasteiger partial charge in [-0.25, -0.2) is 4.79 Å². The van der Waals surface area contributed by atoms with E-state index in [2.05, 4.69) is 22.5 Å². The molecule has 2 fully saturated rings. The Bertz CT molecular complexity index is 282. The van der Waals surface area contributed by atoms with Crippen molar-refractivity contribution in [3.8, 4) is 0 Å². The van der Waals surface area contributed by atoms with E-state index in [9.17, 15) is 4.79 Å². The van der Waals surface area contributed by atoms with Gasteiger partial charge < -0.3 is 15.5 Å². The van der Waals surface area contributed by atoms with Gasteiger partial charge >= 0.3 is 6.03 Å². The molecule has 19 heavy (non-hydrogen) atoms. The van der Waals surface area contributed by atoms with E-state index < -0.39 is 0 Å². The van der Waals surface area contributed by atoms with Gasteiger partial charge in [-0.1, -0.05) is 6.92 Å². The maximum Gasteiger partial charge on any atom is 0.315 e. The van der Waals surface area contributed by atoms with Gasteiger partial charge in [0.2, 0.25) is 0 Å². The summed E-state index contributed by atoms with van der Waals surface area (Å²) in [5, 5.41) is 6.14. The largest absolute Gasteiger partial charge is 0.338 e. The lowest BCUT2D eigenvalue weighted by atomic mass is 10.1. The number of amides is 2. The van der Waals surface area contributed by atoms with Crippen LogP contribution in [0.25, 0.3) is 0 Å². The molecule has 4 nitrogen and oxygen atoms in total. The smallest absolute Gasteiger partial charge is 0.315 e. The Balaban J connectivity index is 1.58. The summed E-state index contributed by atoms with van der Waals surface area (Å²) >= 11 is 1.94. The number of likely N-dealkylation sites (tertiary alicyclic amines) is 1. The van der Waals surface area contributed by atoms with Gasteiger partial charge in [0.05, 0.1) is 0 Å². The summed E-state index contributed by atoms with van der Waals surface area (Å²) in [6.07, 6.45) is 4.80. The number of nitrogens with zero attached hydrogens (tertiary/aromatic N) is 1. The second-order valence-corrected chi connectivity index (χ2v) is 6.87. The predicted molar refractivity (Wildman–Crippen MR) is 81.7 cm³/mol. The zero-order valence-corrected chi connectivity index (χ0v) is 12.8. The number of rotatable bonds is 5. The van der Waals surface area contributed by atoms with E-state index in [4.69, 9.17) is 0 Å². The van der Waals surface area contributed by atoms with Crippen LogP contribution in [0.1, 0.15) is 32.6 Å². The van der Waals surface area contributed by atoms with Crippen molar-refractivity contribution in [3.63, 3.8) is 0 Å². The number of carbonyl (C=O) groups excluding carboxylic acids is 1. The monoisotopic (exact) mass is 285 g/mol. The molecule has 0 aliphatic carbocycles. The first-order chi connectivity index (χ1) is 9.28. The van der Waals surface area contributed by atoms with Gasteiger partial charge in [0.15, 0.2) is 0 Å². The van der Waals surface area contributed by atoms with Crippen LogP contribution in [-0.2, 0) is 0 Å². The number of carbonyl (C=O) groups is 1. The molecule has 2 atom stereocenters. The average molecular weight is 285 g/mol. The third-order valence-corrected chi connectivity index (χ3v) is 5.17. The minimum Gasteiger partial charge on any atom is -0.338 e. The highest BCUT2D eigenvalue weighted by Gasteiger charge is 2.22. The molecule has 110 valence electrons. The zero-order valence-electron chi connectivity index (χ0n) is 12.0. The van der Waals surface area contributed by atoms with Crippen LogP contribution in [0.15, 0.2) is 0 Å². The molecule has 0 spiro atoms. The van der Waals surface area contributed by atoms with Gasteiger partial charge in [0.25, 0.3) is 0 Å². The van der Waals surface area contributed by atoms with Crippen molar-refractivity contribution in [1.29, 1.82) is 0 Å². The van der Waals surface area contributed by atoms with E-state index in [1.165, 1.54) is 38.1 Å². The van der Waals surface area contributed by atoms with Crippen molar-refractivity contribution in [2.45, 2.75) is 38.6 Å². The fourth-order valence-corrected chi connectivity index (χ4v) is 4.00. The van der Waals surface area contributed by atoms with Crippen molar-refractivity contribution in [3.05, 3.63) is 0 Å². The van der Waals surface area contributed by atoms with Crippen LogP contribution >= 0.6 is 11.8 Å². The number of hydrogen-bond donors (Lipinski definition) is 2. The zero-order chi connectivity index (χ0) is 13.5. The van der Waals surface area contributed by atoms with Crippen molar-refractivity contribution < 1.29 is 4.79 Å². The SMILES string of the molecule is CCCN1CCC(CNC(=O)NC2CCCSC2)C1. The Kier molecular flexibility index (Phi) is 6.31. The summed E-state index contributed by atoms with van der Waals surface area (Å²) in [5.41, 5.74) is 0. The molecule has 0 radical (unpaired) electrons. The molecule has 2 unspecified atom stereocenters. The Morgan fingerprint density at radius 3 is 3.05 bits per heavy atom. The van der Waals surface area contributed by atoms with Crippen molar-refractivity contribution in [2.24, 2.45) is 5.92 Å². The molecule has 2 aliphatic heterocycles. The molecular formula is C14H27N3OS. The molecule has 0 aromatic carbocycles. The lowest BCUT2D eigenvalue weighted by molar-refractivity contribution is 0.235. The number of hydrogen-bond acceptors (Lipinski definition) is 3. The summed E-state index contributed by atoms with van der Waals surface area (Å²) in [4.78, 5) is 14.3. The molecule has 2 rings (SSSR count). The first kappa shape index (κ1) is 15.0. The normalized spacial score (nSPS) is 28.3. The quantitative estimate of drug-likeness (QED) is 0.811. The van der Waals surface area contributed by atoms with Crippen molar-refractivity contribution in [1.82, 2.24) is 15.5 Å². The summed E-state index contributed by atoms with van der Waals surface area (Å²) in [6, 6.07) is 0.403. The van der Waals surface area contributed by atoms with Crippen LogP contribution in [-0.4, -0.2) is 54.7 Å². The minimum absolute atomic E-state index is 0.0291. The van der Waals surface area contributed by atoms with Crippen molar-refractivity contribution >= 4 is 17.8 Å². The van der Waals surface area contributed by atoms with E-state index in [1.54, 1.807) is 0 Å². The second-order valence-electron chi connectivity index (χ2n) is 5.72. The van der Waals surface area contributed by atoms with Gasteiger partial charge in [0.1, 0.15) is 0 Å². The van der Waals surface area contributed by atoms with Gasteiger partial charge in [-0.15, -0.1) is 0 Å². The fourth-order valence-electron chi connectivity index (χ4n) is 2.93. The molecule has 0 bridgehead atoms. The highest BCUT2D eigenvalue weighted by molar-refractivity contribution is 7.99. The van der Waals surface area contributed by atoms with Crippen LogP contribution in [0.2, 0.25) is 0 Å². The third kappa shape index (κ3) is 5.22. The molecule has 2 heterocycles. The fraction of sp³-hybridized carbons (Fsp3) is 0.929. The van der Waals surface area contributed by atoms with Gasteiger partial charge in [-0.05, 0) is 50.4 Å². The molecule has 2 N–H and O–H groups in total. The van der Waals surface area contributed by atoms with Gasteiger partial charge in [-0.3, -0.25) is 0 Å². The van der Waals surface area contributed by atoms with E-state index in [1.807, 2.05) is 11.8 Å². The Labute approximate surface area is 121 Å². The molecule has 2 aliphatic rings. The molecule has 2 saturated heterocycles. The Hall–Kier alpha value is -0.420. The van der Waals surface area contributed by atoms with E-state index in [0.717, 1.165) is 25.3 Å². The van der Waals surface area contributed by atoms with E-state index in [-0.39, 0.29) is 6.03 Å². The summed E-state index contributed by atoms with van der Waals surface area (Å²) in [7, 11) is 0. The van der Waals surface area contributed by atoms with Gasteiger partial charge in [0, 0.05) is 24.9 Å². The molecular weight excluding hydrogens is 258 g/mol. The number of nitrogens with one attached hydrogen (secondary N) is 2. The van der Waals surface area contributed by atoms with Crippen LogP contribution in [0.3, 0.4) is 0 Å². The van der Waals surface area contributed by atoms with E-state index >= 15 is 0 Å². The number of thioether (sulfide) groups is 1. The van der Waals surface area contributed by atoms with Crippen LogP contribution in [0.4, 0.5) is 4.79 Å². The molecule has 0 aromatic rings. The Morgan fingerprint density at radius 2 is 2.32 bits per heavy atom. The third-order valence-electron chi connectivity index (χ3n) is 3.96. The predicted octanol–water partition coefficient (Wildman–Crippen LogP) is 1.91. The first-order valence-corrected chi connectivity index (χ1v) is 8.78.